The molecule has 0 aromatic heterocycles. The van der Waals surface area contributed by atoms with Gasteiger partial charge in [0, 0.05) is 19.1 Å². The SMILES string of the molecule is C=CC(N)C1CCN(C(=O)O)CC1. The number of hydrogen-bond donors (Lipinski definition) is 2. The van der Waals surface area contributed by atoms with Crippen molar-refractivity contribution in [1.29, 1.82) is 0 Å². The smallest absolute Gasteiger partial charge is 0.407 e. The zero-order valence-electron chi connectivity index (χ0n) is 7.65. The quantitative estimate of drug-likeness (QED) is 0.626. The molecule has 1 fully saturated rings. The second-order valence-electron chi connectivity index (χ2n) is 3.42. The Morgan fingerprint density at radius 3 is 2.54 bits per heavy atom. The third kappa shape index (κ3) is 2.45. The van der Waals surface area contributed by atoms with Crippen LogP contribution in [-0.2, 0) is 0 Å². The molecule has 1 heterocycles. The van der Waals surface area contributed by atoms with E-state index in [9.17, 15) is 4.79 Å². The molecule has 74 valence electrons. The van der Waals surface area contributed by atoms with Crippen LogP contribution >= 0.6 is 0 Å². The Balaban J connectivity index is 2.38. The molecule has 1 saturated heterocycles. The van der Waals surface area contributed by atoms with Crippen molar-refractivity contribution in [2.75, 3.05) is 13.1 Å². The summed E-state index contributed by atoms with van der Waals surface area (Å²) in [5.74, 6) is 0.396. The lowest BCUT2D eigenvalue weighted by molar-refractivity contribution is 0.122. The first-order chi connectivity index (χ1) is 6.15. The molecular weight excluding hydrogens is 168 g/mol. The molecule has 0 spiro atoms. The first kappa shape index (κ1) is 10.1. The van der Waals surface area contributed by atoms with Crippen molar-refractivity contribution in [2.24, 2.45) is 11.7 Å². The van der Waals surface area contributed by atoms with Crippen LogP contribution in [0.25, 0.3) is 0 Å². The summed E-state index contributed by atoms with van der Waals surface area (Å²) in [5, 5.41) is 8.69. The van der Waals surface area contributed by atoms with Gasteiger partial charge in [0.1, 0.15) is 0 Å². The number of rotatable bonds is 2. The Kier molecular flexibility index (Phi) is 3.31. The van der Waals surface area contributed by atoms with Crippen LogP contribution in [0.1, 0.15) is 12.8 Å². The molecule has 1 atom stereocenters. The van der Waals surface area contributed by atoms with Crippen molar-refractivity contribution in [3.8, 4) is 0 Å². The van der Waals surface area contributed by atoms with Gasteiger partial charge in [0.2, 0.25) is 0 Å². The first-order valence-electron chi connectivity index (χ1n) is 4.51. The highest BCUT2D eigenvalue weighted by Gasteiger charge is 2.24. The van der Waals surface area contributed by atoms with E-state index in [-0.39, 0.29) is 6.04 Å². The number of carbonyl (C=O) groups is 1. The average molecular weight is 184 g/mol. The number of nitrogens with two attached hydrogens (primary N) is 1. The predicted molar refractivity (Wildman–Crippen MR) is 50.5 cm³/mol. The van der Waals surface area contributed by atoms with E-state index in [1.807, 2.05) is 0 Å². The maximum absolute atomic E-state index is 10.6. The van der Waals surface area contributed by atoms with Crippen molar-refractivity contribution >= 4 is 6.09 Å². The first-order valence-corrected chi connectivity index (χ1v) is 4.51. The Bertz CT molecular complexity index is 198. The Morgan fingerprint density at radius 1 is 1.62 bits per heavy atom. The fourth-order valence-corrected chi connectivity index (χ4v) is 1.67. The minimum atomic E-state index is -0.828. The van der Waals surface area contributed by atoms with Gasteiger partial charge in [0.05, 0.1) is 0 Å². The maximum Gasteiger partial charge on any atom is 0.407 e. The number of piperidine rings is 1. The van der Waals surface area contributed by atoms with Crippen LogP contribution in [0.3, 0.4) is 0 Å². The van der Waals surface area contributed by atoms with E-state index in [1.165, 1.54) is 4.90 Å². The summed E-state index contributed by atoms with van der Waals surface area (Å²) >= 11 is 0. The summed E-state index contributed by atoms with van der Waals surface area (Å²) in [5.41, 5.74) is 5.79. The van der Waals surface area contributed by atoms with E-state index in [2.05, 4.69) is 6.58 Å². The highest BCUT2D eigenvalue weighted by Crippen LogP contribution is 2.19. The summed E-state index contributed by atoms with van der Waals surface area (Å²) in [6, 6.07) is 0.0101. The summed E-state index contributed by atoms with van der Waals surface area (Å²) in [6.07, 6.45) is 2.60. The largest absolute Gasteiger partial charge is 0.465 e. The van der Waals surface area contributed by atoms with Gasteiger partial charge in [-0.25, -0.2) is 4.79 Å². The molecule has 4 nitrogen and oxygen atoms in total. The van der Waals surface area contributed by atoms with Gasteiger partial charge in [-0.15, -0.1) is 6.58 Å². The lowest BCUT2D eigenvalue weighted by atomic mass is 9.90. The van der Waals surface area contributed by atoms with Crippen LogP contribution in [0.2, 0.25) is 0 Å². The minimum absolute atomic E-state index is 0.0101. The van der Waals surface area contributed by atoms with E-state index in [4.69, 9.17) is 10.8 Å². The van der Waals surface area contributed by atoms with Crippen molar-refractivity contribution in [2.45, 2.75) is 18.9 Å². The number of hydrogen-bond acceptors (Lipinski definition) is 2. The van der Waals surface area contributed by atoms with Gasteiger partial charge in [-0.05, 0) is 18.8 Å². The standard InChI is InChI=1S/C9H16N2O2/c1-2-8(10)7-3-5-11(6-4-7)9(12)13/h2,7-8H,1,3-6,10H2,(H,12,13). The second-order valence-corrected chi connectivity index (χ2v) is 3.42. The fourth-order valence-electron chi connectivity index (χ4n) is 1.67. The Labute approximate surface area is 78.0 Å². The molecule has 0 aromatic carbocycles. The van der Waals surface area contributed by atoms with Crippen molar-refractivity contribution in [3.63, 3.8) is 0 Å². The van der Waals surface area contributed by atoms with Gasteiger partial charge >= 0.3 is 6.09 Å². The maximum atomic E-state index is 10.6. The Hall–Kier alpha value is -1.03. The van der Waals surface area contributed by atoms with Crippen LogP contribution < -0.4 is 5.73 Å². The molecule has 0 aromatic rings. The molecule has 4 heteroatoms. The number of nitrogens with zero attached hydrogens (tertiary/aromatic N) is 1. The van der Waals surface area contributed by atoms with Gasteiger partial charge in [0.15, 0.2) is 0 Å². The fraction of sp³-hybridized carbons (Fsp3) is 0.667. The highest BCUT2D eigenvalue weighted by atomic mass is 16.4. The molecule has 0 saturated carbocycles. The monoisotopic (exact) mass is 184 g/mol. The van der Waals surface area contributed by atoms with Gasteiger partial charge in [0.25, 0.3) is 0 Å². The van der Waals surface area contributed by atoms with E-state index in [1.54, 1.807) is 6.08 Å². The number of amides is 1. The molecule has 1 aliphatic rings. The highest BCUT2D eigenvalue weighted by molar-refractivity contribution is 5.64. The molecule has 1 aliphatic heterocycles. The summed E-state index contributed by atoms with van der Waals surface area (Å²) < 4.78 is 0. The molecule has 0 bridgehead atoms. The summed E-state index contributed by atoms with van der Waals surface area (Å²) in [4.78, 5) is 12.0. The van der Waals surface area contributed by atoms with Gasteiger partial charge in [-0.1, -0.05) is 6.08 Å². The van der Waals surface area contributed by atoms with E-state index < -0.39 is 6.09 Å². The van der Waals surface area contributed by atoms with Crippen LogP contribution in [0.4, 0.5) is 4.79 Å². The number of carboxylic acid groups (broad SMARTS) is 1. The molecule has 0 radical (unpaired) electrons. The third-order valence-electron chi connectivity index (χ3n) is 2.63. The second kappa shape index (κ2) is 4.28. The van der Waals surface area contributed by atoms with Gasteiger partial charge in [-0.3, -0.25) is 0 Å². The van der Waals surface area contributed by atoms with Gasteiger partial charge in [-0.2, -0.15) is 0 Å². The van der Waals surface area contributed by atoms with Crippen LogP contribution in [-0.4, -0.2) is 35.2 Å². The predicted octanol–water partition coefficient (Wildman–Crippen LogP) is 0.890. The van der Waals surface area contributed by atoms with Crippen molar-refractivity contribution in [3.05, 3.63) is 12.7 Å². The van der Waals surface area contributed by atoms with E-state index in [0.717, 1.165) is 12.8 Å². The summed E-state index contributed by atoms with van der Waals surface area (Å²) in [6.45, 7) is 4.83. The normalized spacial score (nSPS) is 21.2. The molecule has 1 amide bonds. The molecule has 3 N–H and O–H groups in total. The zero-order valence-corrected chi connectivity index (χ0v) is 7.65. The average Bonchev–Trinajstić information content (AvgIpc) is 2.17. The molecule has 0 aliphatic carbocycles. The van der Waals surface area contributed by atoms with E-state index in [0.29, 0.717) is 19.0 Å². The topological polar surface area (TPSA) is 66.6 Å². The van der Waals surface area contributed by atoms with E-state index >= 15 is 0 Å². The summed E-state index contributed by atoms with van der Waals surface area (Å²) in [7, 11) is 0. The van der Waals surface area contributed by atoms with Crippen molar-refractivity contribution in [1.82, 2.24) is 4.90 Å². The van der Waals surface area contributed by atoms with Crippen LogP contribution in [0.5, 0.6) is 0 Å². The minimum Gasteiger partial charge on any atom is -0.465 e. The molecule has 1 rings (SSSR count). The third-order valence-corrected chi connectivity index (χ3v) is 2.63. The molecule has 13 heavy (non-hydrogen) atoms. The lowest BCUT2D eigenvalue weighted by Crippen LogP contribution is -2.42. The number of likely N-dealkylation sites (tertiary alicyclic amines) is 1. The zero-order chi connectivity index (χ0) is 9.84. The van der Waals surface area contributed by atoms with Crippen LogP contribution in [0.15, 0.2) is 12.7 Å². The molecular formula is C9H16N2O2. The Morgan fingerprint density at radius 2 is 2.15 bits per heavy atom. The molecule has 1 unspecified atom stereocenters. The lowest BCUT2D eigenvalue weighted by Gasteiger charge is -2.32. The van der Waals surface area contributed by atoms with Gasteiger partial charge < -0.3 is 15.7 Å². The van der Waals surface area contributed by atoms with Crippen molar-refractivity contribution < 1.29 is 9.90 Å². The van der Waals surface area contributed by atoms with Crippen LogP contribution in [0, 0.1) is 5.92 Å².